The quantitative estimate of drug-likeness (QED) is 0.278. The third kappa shape index (κ3) is 7.87. The first-order valence-corrected chi connectivity index (χ1v) is 11.3. The molecule has 0 bridgehead atoms. The van der Waals surface area contributed by atoms with Crippen molar-refractivity contribution >= 4 is 40.0 Å². The minimum absolute atomic E-state index is 0. The molecule has 0 aromatic heterocycles. The van der Waals surface area contributed by atoms with E-state index in [0.29, 0.717) is 11.3 Å². The average molecular weight is 522 g/mol. The van der Waals surface area contributed by atoms with Gasteiger partial charge in [0.1, 0.15) is 0 Å². The molecule has 2 rings (SSSR count). The molecule has 0 spiro atoms. The average Bonchev–Trinajstić information content (AvgIpc) is 3.05. The number of halogens is 1. The number of hydrogen-bond donors (Lipinski definition) is 3. The van der Waals surface area contributed by atoms with Crippen molar-refractivity contribution in [2.45, 2.75) is 57.3 Å². The molecule has 0 saturated heterocycles. The van der Waals surface area contributed by atoms with E-state index in [0.717, 1.165) is 31.0 Å². The second-order valence-electron chi connectivity index (χ2n) is 8.10. The molecule has 160 valence electrons. The Hall–Kier alpha value is -0.870. The Bertz CT molecular complexity index is 727. The van der Waals surface area contributed by atoms with E-state index < -0.39 is 10.0 Å². The van der Waals surface area contributed by atoms with Crippen LogP contribution >= 0.6 is 24.0 Å². The maximum atomic E-state index is 11.3. The summed E-state index contributed by atoms with van der Waals surface area (Å²) in [7, 11) is -1.84. The molecule has 6 nitrogen and oxygen atoms in total. The lowest BCUT2D eigenvalue weighted by molar-refractivity contribution is 0.235. The standard InChI is InChI=1S/C20H34N4O2S.HI/c1-16(2)14-20(11-4-5-12-20)15-24-19(22-3)23-13-10-17-6-8-18(9-7-17)27(21,25)26;/h6-9,16H,4-5,10-15H2,1-3H3,(H2,21,25,26)(H2,22,23,24);1H. The highest BCUT2D eigenvalue weighted by atomic mass is 127. The van der Waals surface area contributed by atoms with Gasteiger partial charge in [0.25, 0.3) is 0 Å². The third-order valence-corrected chi connectivity index (χ3v) is 6.25. The zero-order valence-corrected chi connectivity index (χ0v) is 20.3. The lowest BCUT2D eigenvalue weighted by Gasteiger charge is -2.32. The minimum Gasteiger partial charge on any atom is -0.356 e. The first-order valence-electron chi connectivity index (χ1n) is 9.80. The molecule has 1 aromatic rings. The number of guanidine groups is 1. The van der Waals surface area contributed by atoms with Crippen LogP contribution in [0.3, 0.4) is 0 Å². The SMILES string of the molecule is CN=C(NCCc1ccc(S(N)(=O)=O)cc1)NCC1(CC(C)C)CCCC1.I. The van der Waals surface area contributed by atoms with E-state index in [1.807, 2.05) is 0 Å². The monoisotopic (exact) mass is 522 g/mol. The van der Waals surface area contributed by atoms with Crippen LogP contribution in [-0.2, 0) is 16.4 Å². The Labute approximate surface area is 187 Å². The van der Waals surface area contributed by atoms with Gasteiger partial charge in [0, 0.05) is 20.1 Å². The fourth-order valence-corrected chi connectivity index (χ4v) is 4.62. The Kier molecular flexibility index (Phi) is 10.2. The summed E-state index contributed by atoms with van der Waals surface area (Å²) in [5.74, 6) is 1.53. The number of primary sulfonamides is 1. The van der Waals surface area contributed by atoms with E-state index in [1.54, 1.807) is 31.3 Å². The summed E-state index contributed by atoms with van der Waals surface area (Å²) in [6, 6.07) is 6.70. The zero-order valence-electron chi connectivity index (χ0n) is 17.2. The molecular formula is C20H35IN4O2S. The number of nitrogens with zero attached hydrogens (tertiary/aromatic N) is 1. The Morgan fingerprint density at radius 1 is 1.18 bits per heavy atom. The molecular weight excluding hydrogens is 487 g/mol. The topological polar surface area (TPSA) is 96.6 Å². The van der Waals surface area contributed by atoms with Crippen LogP contribution in [0.25, 0.3) is 0 Å². The van der Waals surface area contributed by atoms with Crippen LogP contribution in [0.4, 0.5) is 0 Å². The highest BCUT2D eigenvalue weighted by molar-refractivity contribution is 14.0. The lowest BCUT2D eigenvalue weighted by atomic mass is 9.78. The highest BCUT2D eigenvalue weighted by Crippen LogP contribution is 2.42. The van der Waals surface area contributed by atoms with E-state index in [4.69, 9.17) is 5.14 Å². The summed E-state index contributed by atoms with van der Waals surface area (Å²) in [5, 5.41) is 12.0. The van der Waals surface area contributed by atoms with Gasteiger partial charge in [-0.1, -0.05) is 38.8 Å². The van der Waals surface area contributed by atoms with Gasteiger partial charge in [-0.25, -0.2) is 13.6 Å². The van der Waals surface area contributed by atoms with Crippen LogP contribution in [0.1, 0.15) is 51.5 Å². The summed E-state index contributed by atoms with van der Waals surface area (Å²) < 4.78 is 22.6. The van der Waals surface area contributed by atoms with E-state index in [2.05, 4.69) is 29.5 Å². The highest BCUT2D eigenvalue weighted by Gasteiger charge is 2.34. The van der Waals surface area contributed by atoms with Crippen molar-refractivity contribution in [1.29, 1.82) is 0 Å². The maximum absolute atomic E-state index is 11.3. The van der Waals surface area contributed by atoms with Crippen LogP contribution in [0.2, 0.25) is 0 Å². The molecule has 1 fully saturated rings. The molecule has 0 heterocycles. The summed E-state index contributed by atoms with van der Waals surface area (Å²) in [6.07, 6.45) is 7.29. The number of nitrogens with two attached hydrogens (primary N) is 1. The Balaban J connectivity index is 0.00000392. The maximum Gasteiger partial charge on any atom is 0.238 e. The number of aliphatic imine (C=N–C) groups is 1. The second kappa shape index (κ2) is 11.3. The van der Waals surface area contributed by atoms with Crippen molar-refractivity contribution in [2.24, 2.45) is 21.5 Å². The van der Waals surface area contributed by atoms with Gasteiger partial charge in [-0.2, -0.15) is 0 Å². The van der Waals surface area contributed by atoms with Crippen LogP contribution in [0.15, 0.2) is 34.2 Å². The molecule has 0 unspecified atom stereocenters. The van der Waals surface area contributed by atoms with Crippen molar-refractivity contribution in [3.8, 4) is 0 Å². The van der Waals surface area contributed by atoms with E-state index in [1.165, 1.54) is 32.1 Å². The summed E-state index contributed by atoms with van der Waals surface area (Å²) in [4.78, 5) is 4.48. The van der Waals surface area contributed by atoms with Crippen LogP contribution < -0.4 is 15.8 Å². The Morgan fingerprint density at radius 3 is 2.29 bits per heavy atom. The first-order chi connectivity index (χ1) is 12.7. The van der Waals surface area contributed by atoms with Crippen LogP contribution in [-0.4, -0.2) is 34.5 Å². The molecule has 0 amide bonds. The van der Waals surface area contributed by atoms with Crippen molar-refractivity contribution < 1.29 is 8.42 Å². The van der Waals surface area contributed by atoms with Crippen molar-refractivity contribution in [1.82, 2.24) is 10.6 Å². The first kappa shape index (κ1) is 25.2. The van der Waals surface area contributed by atoms with Gasteiger partial charge in [-0.3, -0.25) is 4.99 Å². The fraction of sp³-hybridized carbons (Fsp3) is 0.650. The second-order valence-corrected chi connectivity index (χ2v) is 9.66. The van der Waals surface area contributed by atoms with Gasteiger partial charge < -0.3 is 10.6 Å². The number of hydrogen-bond acceptors (Lipinski definition) is 3. The van der Waals surface area contributed by atoms with Crippen LogP contribution in [0, 0.1) is 11.3 Å². The van der Waals surface area contributed by atoms with Gasteiger partial charge in [0.05, 0.1) is 4.90 Å². The predicted molar refractivity (Wildman–Crippen MR) is 127 cm³/mol. The molecule has 28 heavy (non-hydrogen) atoms. The smallest absolute Gasteiger partial charge is 0.238 e. The molecule has 1 aliphatic rings. The van der Waals surface area contributed by atoms with E-state index >= 15 is 0 Å². The summed E-state index contributed by atoms with van der Waals surface area (Å²) in [6.45, 7) is 6.29. The molecule has 1 aliphatic carbocycles. The van der Waals surface area contributed by atoms with Gasteiger partial charge in [-0.15, -0.1) is 24.0 Å². The van der Waals surface area contributed by atoms with Crippen LogP contribution in [0.5, 0.6) is 0 Å². The number of sulfonamides is 1. The third-order valence-electron chi connectivity index (χ3n) is 5.32. The molecule has 1 aromatic carbocycles. The zero-order chi connectivity index (χ0) is 19.9. The van der Waals surface area contributed by atoms with Gasteiger partial charge >= 0.3 is 0 Å². The molecule has 1 saturated carbocycles. The molecule has 0 radical (unpaired) electrons. The van der Waals surface area contributed by atoms with Gasteiger partial charge in [0.2, 0.25) is 10.0 Å². The molecule has 0 atom stereocenters. The van der Waals surface area contributed by atoms with Gasteiger partial charge in [0.15, 0.2) is 5.96 Å². The van der Waals surface area contributed by atoms with E-state index in [9.17, 15) is 8.42 Å². The molecule has 0 aliphatic heterocycles. The van der Waals surface area contributed by atoms with Crippen molar-refractivity contribution in [3.63, 3.8) is 0 Å². The summed E-state index contributed by atoms with van der Waals surface area (Å²) >= 11 is 0. The fourth-order valence-electron chi connectivity index (χ4n) is 4.11. The number of nitrogens with one attached hydrogen (secondary N) is 2. The predicted octanol–water partition coefficient (Wildman–Crippen LogP) is 3.27. The minimum atomic E-state index is -3.63. The molecule has 4 N–H and O–H groups in total. The summed E-state index contributed by atoms with van der Waals surface area (Å²) in [5.41, 5.74) is 1.45. The number of rotatable bonds is 8. The van der Waals surface area contributed by atoms with Gasteiger partial charge in [-0.05, 0) is 54.7 Å². The van der Waals surface area contributed by atoms with Crippen molar-refractivity contribution in [3.05, 3.63) is 29.8 Å². The Morgan fingerprint density at radius 2 is 1.79 bits per heavy atom. The number of benzene rings is 1. The lowest BCUT2D eigenvalue weighted by Crippen LogP contribution is -2.44. The molecule has 8 heteroatoms. The largest absolute Gasteiger partial charge is 0.356 e. The van der Waals surface area contributed by atoms with Crippen molar-refractivity contribution in [2.75, 3.05) is 20.1 Å². The normalized spacial score (nSPS) is 16.7. The van der Waals surface area contributed by atoms with E-state index in [-0.39, 0.29) is 28.9 Å².